The largest absolute Gasteiger partial charge is 0.378 e. The fourth-order valence-electron chi connectivity index (χ4n) is 4.90. The minimum atomic E-state index is 0.685. The zero-order valence-electron chi connectivity index (χ0n) is 20.0. The predicted octanol–water partition coefficient (Wildman–Crippen LogP) is 6.47. The number of morpholine rings is 1. The quantitative estimate of drug-likeness (QED) is 0.276. The monoisotopic (exact) mass is 501 g/mol. The van der Waals surface area contributed by atoms with E-state index < -0.39 is 0 Å². The van der Waals surface area contributed by atoms with Gasteiger partial charge in [0.25, 0.3) is 0 Å². The van der Waals surface area contributed by atoms with Crippen LogP contribution in [-0.2, 0) is 4.74 Å². The summed E-state index contributed by atoms with van der Waals surface area (Å²) in [5.74, 6) is 1.65. The maximum absolute atomic E-state index is 5.64. The predicted molar refractivity (Wildman–Crippen MR) is 150 cm³/mol. The summed E-state index contributed by atoms with van der Waals surface area (Å²) in [6.45, 7) is 2.96. The normalized spacial score (nSPS) is 13.9. The summed E-state index contributed by atoms with van der Waals surface area (Å²) in [7, 11) is 0. The molecule has 0 unspecified atom stereocenters. The molecule has 0 atom stereocenters. The van der Waals surface area contributed by atoms with Crippen LogP contribution in [0.5, 0.6) is 0 Å². The van der Waals surface area contributed by atoms with Crippen molar-refractivity contribution in [2.45, 2.75) is 0 Å². The second-order valence-corrected chi connectivity index (χ2v) is 9.95. The molecule has 6 aromatic rings. The van der Waals surface area contributed by atoms with Gasteiger partial charge in [-0.1, -0.05) is 91.0 Å². The van der Waals surface area contributed by atoms with Crippen LogP contribution in [0.4, 0.5) is 5.82 Å². The second-order valence-electron chi connectivity index (χ2n) is 8.95. The maximum Gasteiger partial charge on any atom is 0.162 e. The number of nitrogens with zero attached hydrogens (tertiary/aromatic N) is 5. The van der Waals surface area contributed by atoms with Crippen LogP contribution in [0, 0.1) is 0 Å². The van der Waals surface area contributed by atoms with Crippen molar-refractivity contribution in [2.75, 3.05) is 31.2 Å². The van der Waals surface area contributed by atoms with Crippen molar-refractivity contribution in [3.05, 3.63) is 91.0 Å². The van der Waals surface area contributed by atoms with Gasteiger partial charge in [-0.3, -0.25) is 0 Å². The minimum Gasteiger partial charge on any atom is -0.378 e. The van der Waals surface area contributed by atoms with Crippen LogP contribution in [0.3, 0.4) is 0 Å². The lowest BCUT2D eigenvalue weighted by Crippen LogP contribution is -2.36. The lowest BCUT2D eigenvalue weighted by molar-refractivity contribution is 0.122. The molecule has 7 heteroatoms. The third-order valence-corrected chi connectivity index (χ3v) is 7.74. The molecule has 3 aromatic carbocycles. The van der Waals surface area contributed by atoms with Crippen molar-refractivity contribution >= 4 is 37.6 Å². The number of fused-ring (bicyclic) bond motifs is 3. The second kappa shape index (κ2) is 9.35. The fraction of sp³-hybridized carbons (Fsp3) is 0.133. The molecule has 37 heavy (non-hydrogen) atoms. The van der Waals surface area contributed by atoms with E-state index in [4.69, 9.17) is 24.9 Å². The molecule has 7 rings (SSSR count). The molecule has 1 aliphatic heterocycles. The minimum absolute atomic E-state index is 0.685. The molecule has 0 N–H and O–H groups in total. The Bertz CT molecular complexity index is 1700. The molecule has 3 aromatic heterocycles. The van der Waals surface area contributed by atoms with Gasteiger partial charge in [-0.2, -0.15) is 0 Å². The molecule has 0 radical (unpaired) electrons. The lowest BCUT2D eigenvalue weighted by atomic mass is 9.97. The highest BCUT2D eigenvalue weighted by molar-refractivity contribution is 7.26. The van der Waals surface area contributed by atoms with Crippen LogP contribution >= 0.6 is 11.3 Å². The highest BCUT2D eigenvalue weighted by atomic mass is 32.1. The molecule has 0 amide bonds. The molecule has 1 aliphatic rings. The molecular weight excluding hydrogens is 478 g/mol. The van der Waals surface area contributed by atoms with Crippen LogP contribution in [0.2, 0.25) is 0 Å². The number of aromatic nitrogens is 4. The summed E-state index contributed by atoms with van der Waals surface area (Å²) < 4.78 is 6.68. The van der Waals surface area contributed by atoms with Crippen molar-refractivity contribution < 1.29 is 4.74 Å². The Hall–Kier alpha value is -4.20. The molecule has 180 valence electrons. The van der Waals surface area contributed by atoms with Gasteiger partial charge in [0.05, 0.1) is 23.4 Å². The summed E-state index contributed by atoms with van der Waals surface area (Å²) in [6.07, 6.45) is 0. The third-order valence-electron chi connectivity index (χ3n) is 6.68. The van der Waals surface area contributed by atoms with Crippen molar-refractivity contribution in [2.24, 2.45) is 0 Å². The van der Waals surface area contributed by atoms with Gasteiger partial charge >= 0.3 is 0 Å². The van der Waals surface area contributed by atoms with E-state index in [0.717, 1.165) is 67.3 Å². The summed E-state index contributed by atoms with van der Waals surface area (Å²) in [4.78, 5) is 13.5. The maximum atomic E-state index is 5.64. The van der Waals surface area contributed by atoms with Gasteiger partial charge in [0.15, 0.2) is 11.6 Å². The first kappa shape index (κ1) is 22.0. The van der Waals surface area contributed by atoms with Crippen molar-refractivity contribution in [1.29, 1.82) is 0 Å². The summed E-state index contributed by atoms with van der Waals surface area (Å²) in [6, 6.07) is 30.9. The first-order valence-corrected chi connectivity index (χ1v) is 13.2. The van der Waals surface area contributed by atoms with Crippen molar-refractivity contribution in [1.82, 2.24) is 20.2 Å². The zero-order chi connectivity index (χ0) is 24.6. The number of rotatable bonds is 4. The van der Waals surface area contributed by atoms with Gasteiger partial charge in [0, 0.05) is 35.2 Å². The average Bonchev–Trinajstić information content (AvgIpc) is 3.37. The van der Waals surface area contributed by atoms with E-state index in [1.165, 1.54) is 0 Å². The lowest BCUT2D eigenvalue weighted by Gasteiger charge is -2.28. The van der Waals surface area contributed by atoms with E-state index in [-0.39, 0.29) is 0 Å². The molecule has 0 bridgehead atoms. The smallest absolute Gasteiger partial charge is 0.162 e. The molecule has 1 fully saturated rings. The Balaban J connectivity index is 1.59. The standard InChI is InChI=1S/C30H23N5OS/c1-4-10-20(11-5-1)23-24-26-27(37-30(24)34-33-25(23)21-12-6-2-7-13-21)29(35-16-18-36-19-17-35)32-28(31-26)22-14-8-3-9-15-22/h1-15H,16-19H2. The molecule has 0 aliphatic carbocycles. The molecular formula is C30H23N5OS. The van der Waals surface area contributed by atoms with Crippen LogP contribution < -0.4 is 4.90 Å². The molecule has 1 saturated heterocycles. The Kier molecular flexibility index (Phi) is 5.57. The van der Waals surface area contributed by atoms with Gasteiger partial charge in [-0.05, 0) is 5.56 Å². The van der Waals surface area contributed by atoms with E-state index in [1.807, 2.05) is 42.5 Å². The van der Waals surface area contributed by atoms with Crippen LogP contribution in [-0.4, -0.2) is 46.5 Å². The Morgan fingerprint density at radius 2 is 1.30 bits per heavy atom. The SMILES string of the molecule is c1ccc(-c2nc(N3CCOCC3)c3sc4nnc(-c5ccccc5)c(-c5ccccc5)c4c3n2)cc1. The zero-order valence-corrected chi connectivity index (χ0v) is 20.9. The topological polar surface area (TPSA) is 64.0 Å². The summed E-state index contributed by atoms with van der Waals surface area (Å²) in [5, 5.41) is 10.5. The van der Waals surface area contributed by atoms with Gasteiger partial charge in [0.1, 0.15) is 10.5 Å². The number of anilines is 1. The summed E-state index contributed by atoms with van der Waals surface area (Å²) in [5.41, 5.74) is 5.93. The van der Waals surface area contributed by atoms with Gasteiger partial charge in [0.2, 0.25) is 0 Å². The van der Waals surface area contributed by atoms with E-state index in [0.29, 0.717) is 19.0 Å². The van der Waals surface area contributed by atoms with Gasteiger partial charge in [-0.25, -0.2) is 9.97 Å². The van der Waals surface area contributed by atoms with Gasteiger partial charge in [-0.15, -0.1) is 21.5 Å². The third kappa shape index (κ3) is 3.93. The molecule has 0 spiro atoms. The average molecular weight is 502 g/mol. The number of benzene rings is 3. The molecule has 0 saturated carbocycles. The number of hydrogen-bond donors (Lipinski definition) is 0. The van der Waals surface area contributed by atoms with E-state index in [1.54, 1.807) is 11.3 Å². The van der Waals surface area contributed by atoms with E-state index in [9.17, 15) is 0 Å². The summed E-state index contributed by atoms with van der Waals surface area (Å²) >= 11 is 1.62. The Morgan fingerprint density at radius 3 is 1.97 bits per heavy atom. The number of hydrogen-bond acceptors (Lipinski definition) is 7. The van der Waals surface area contributed by atoms with Crippen LogP contribution in [0.25, 0.3) is 54.2 Å². The van der Waals surface area contributed by atoms with Crippen molar-refractivity contribution in [3.63, 3.8) is 0 Å². The van der Waals surface area contributed by atoms with Crippen LogP contribution in [0.15, 0.2) is 91.0 Å². The van der Waals surface area contributed by atoms with Crippen LogP contribution in [0.1, 0.15) is 0 Å². The Labute approximate surface area is 218 Å². The highest BCUT2D eigenvalue weighted by Gasteiger charge is 2.25. The molecule has 4 heterocycles. The Morgan fingerprint density at radius 1 is 0.676 bits per heavy atom. The van der Waals surface area contributed by atoms with E-state index in [2.05, 4.69) is 53.4 Å². The molecule has 6 nitrogen and oxygen atoms in total. The fourth-order valence-corrected chi connectivity index (χ4v) is 5.99. The first-order valence-electron chi connectivity index (χ1n) is 12.4. The van der Waals surface area contributed by atoms with Gasteiger partial charge < -0.3 is 9.64 Å². The number of ether oxygens (including phenoxy) is 1. The van der Waals surface area contributed by atoms with E-state index >= 15 is 0 Å². The number of thiophene rings is 1. The highest BCUT2D eigenvalue weighted by Crippen LogP contribution is 2.45. The first-order chi connectivity index (χ1) is 18.4. The van der Waals surface area contributed by atoms with Crippen molar-refractivity contribution in [3.8, 4) is 33.8 Å².